The molecule has 0 saturated heterocycles. The Hall–Kier alpha value is -0.860. The van der Waals surface area contributed by atoms with E-state index in [1.54, 1.807) is 13.8 Å². The van der Waals surface area contributed by atoms with Gasteiger partial charge in [0.05, 0.1) is 0 Å². The number of hydrogen-bond donors (Lipinski definition) is 1. The third-order valence-electron chi connectivity index (χ3n) is 0.832. The first-order valence-corrected chi connectivity index (χ1v) is 2.80. The van der Waals surface area contributed by atoms with Crippen molar-refractivity contribution in [1.82, 2.24) is 0 Å². The molecule has 0 atom stereocenters. The van der Waals surface area contributed by atoms with Crippen LogP contribution in [0, 0.1) is 5.92 Å². The molecule has 0 unspecified atom stereocenters. The van der Waals surface area contributed by atoms with E-state index in [0.29, 0.717) is 0 Å². The smallest absolute Gasteiger partial charge is 0.372 e. The maximum absolute atomic E-state index is 10.4. The van der Waals surface area contributed by atoms with Crippen LogP contribution in [0.15, 0.2) is 0 Å². The highest BCUT2D eigenvalue weighted by Gasteiger charge is 2.11. The average molecular weight is 131 g/mol. The summed E-state index contributed by atoms with van der Waals surface area (Å²) in [5.41, 5.74) is 0. The summed E-state index contributed by atoms with van der Waals surface area (Å²) in [6.45, 7) is 3.61. The SMILES string of the molecule is CC(C)[13CH2]C(=O)C(=O)O. The van der Waals surface area contributed by atoms with E-state index in [9.17, 15) is 9.59 Å². The van der Waals surface area contributed by atoms with Crippen LogP contribution < -0.4 is 0 Å². The number of carbonyl (C=O) groups is 2. The highest BCUT2D eigenvalue weighted by atomic mass is 16.4. The van der Waals surface area contributed by atoms with Crippen LogP contribution in [0.4, 0.5) is 0 Å². The molecule has 0 amide bonds. The first-order valence-electron chi connectivity index (χ1n) is 2.80. The second-order valence-electron chi connectivity index (χ2n) is 2.33. The van der Waals surface area contributed by atoms with Gasteiger partial charge in [0.1, 0.15) is 0 Å². The Morgan fingerprint density at radius 3 is 2.00 bits per heavy atom. The first-order chi connectivity index (χ1) is 4.04. The highest BCUT2D eigenvalue weighted by Crippen LogP contribution is 1.99. The fourth-order valence-electron chi connectivity index (χ4n) is 0.458. The van der Waals surface area contributed by atoms with Gasteiger partial charge in [0.25, 0.3) is 0 Å². The summed E-state index contributed by atoms with van der Waals surface area (Å²) in [4.78, 5) is 20.2. The van der Waals surface area contributed by atoms with Crippen molar-refractivity contribution >= 4 is 11.8 Å². The van der Waals surface area contributed by atoms with Crippen LogP contribution in [-0.4, -0.2) is 16.9 Å². The number of carboxylic acids is 1. The first kappa shape index (κ1) is 8.14. The normalized spacial score (nSPS) is 9.67. The largest absolute Gasteiger partial charge is 0.476 e. The molecule has 0 aliphatic heterocycles. The van der Waals surface area contributed by atoms with Crippen molar-refractivity contribution in [2.24, 2.45) is 5.92 Å². The fraction of sp³-hybridized carbons (Fsp3) is 0.667. The van der Waals surface area contributed by atoms with E-state index in [0.717, 1.165) is 0 Å². The van der Waals surface area contributed by atoms with Gasteiger partial charge < -0.3 is 5.11 Å². The quantitative estimate of drug-likeness (QED) is 0.452. The molecule has 0 fully saturated rings. The molecule has 3 nitrogen and oxygen atoms in total. The minimum atomic E-state index is -1.33. The van der Waals surface area contributed by atoms with Gasteiger partial charge in [-0.25, -0.2) is 4.79 Å². The monoisotopic (exact) mass is 131 g/mol. The van der Waals surface area contributed by atoms with Crippen molar-refractivity contribution < 1.29 is 14.7 Å². The van der Waals surface area contributed by atoms with Gasteiger partial charge >= 0.3 is 5.97 Å². The second kappa shape index (κ2) is 3.22. The van der Waals surface area contributed by atoms with Gasteiger partial charge in [0.2, 0.25) is 5.78 Å². The molecule has 0 bridgehead atoms. The fourth-order valence-corrected chi connectivity index (χ4v) is 0.458. The summed E-state index contributed by atoms with van der Waals surface area (Å²) in [6, 6.07) is 0. The molecule has 0 radical (unpaired) electrons. The third-order valence-corrected chi connectivity index (χ3v) is 0.832. The van der Waals surface area contributed by atoms with Gasteiger partial charge in [-0.15, -0.1) is 0 Å². The molecule has 0 aromatic rings. The summed E-state index contributed by atoms with van der Waals surface area (Å²) in [7, 11) is 0. The zero-order valence-corrected chi connectivity index (χ0v) is 5.55. The van der Waals surface area contributed by atoms with Crippen molar-refractivity contribution in [2.75, 3.05) is 0 Å². The van der Waals surface area contributed by atoms with Crippen LogP contribution in [0.1, 0.15) is 20.3 Å². The maximum atomic E-state index is 10.4. The van der Waals surface area contributed by atoms with Gasteiger partial charge in [-0.2, -0.15) is 0 Å². The van der Waals surface area contributed by atoms with Crippen LogP contribution in [0.5, 0.6) is 0 Å². The molecule has 52 valence electrons. The van der Waals surface area contributed by atoms with Gasteiger partial charge in [0.15, 0.2) is 0 Å². The summed E-state index contributed by atoms with van der Waals surface area (Å²) < 4.78 is 0. The molecule has 0 aromatic heterocycles. The van der Waals surface area contributed by atoms with Crippen LogP contribution in [0.25, 0.3) is 0 Å². The highest BCUT2D eigenvalue weighted by molar-refractivity contribution is 6.32. The number of aliphatic carboxylic acids is 1. The summed E-state index contributed by atoms with van der Waals surface area (Å²) >= 11 is 0. The zero-order chi connectivity index (χ0) is 7.44. The van der Waals surface area contributed by atoms with E-state index in [2.05, 4.69) is 0 Å². The number of ketones is 1. The summed E-state index contributed by atoms with van der Waals surface area (Å²) in [5.74, 6) is -1.90. The van der Waals surface area contributed by atoms with E-state index < -0.39 is 11.8 Å². The summed E-state index contributed by atoms with van der Waals surface area (Å²) in [6.07, 6.45) is 0.134. The number of Topliss-reactive ketones (excluding diaryl/α,β-unsaturated/α-hetero) is 1. The lowest BCUT2D eigenvalue weighted by Crippen LogP contribution is -2.14. The number of carboxylic acid groups (broad SMARTS) is 1. The Morgan fingerprint density at radius 2 is 1.89 bits per heavy atom. The van der Waals surface area contributed by atoms with Crippen LogP contribution in [-0.2, 0) is 9.59 Å². The Kier molecular flexibility index (Phi) is 2.91. The van der Waals surface area contributed by atoms with Crippen molar-refractivity contribution in [3.05, 3.63) is 0 Å². The van der Waals surface area contributed by atoms with Gasteiger partial charge in [-0.1, -0.05) is 13.8 Å². The molecule has 0 saturated carbocycles. The summed E-state index contributed by atoms with van der Waals surface area (Å²) in [5, 5.41) is 8.08. The lowest BCUT2D eigenvalue weighted by molar-refractivity contribution is -0.149. The van der Waals surface area contributed by atoms with Crippen molar-refractivity contribution in [1.29, 1.82) is 0 Å². The van der Waals surface area contributed by atoms with Crippen LogP contribution in [0.2, 0.25) is 0 Å². The molecular formula is C6H10O3. The molecule has 0 aliphatic carbocycles. The van der Waals surface area contributed by atoms with Crippen LogP contribution >= 0.6 is 0 Å². The second-order valence-corrected chi connectivity index (χ2v) is 2.33. The third kappa shape index (κ3) is 3.70. The molecule has 0 aromatic carbocycles. The van der Waals surface area contributed by atoms with Gasteiger partial charge in [0, 0.05) is 6.42 Å². The van der Waals surface area contributed by atoms with Crippen molar-refractivity contribution in [3.8, 4) is 0 Å². The zero-order valence-electron chi connectivity index (χ0n) is 5.55. The molecule has 3 heteroatoms. The molecule has 0 aliphatic rings. The van der Waals surface area contributed by atoms with E-state index in [-0.39, 0.29) is 12.3 Å². The number of rotatable bonds is 3. The standard InChI is InChI=1S/C6H10O3/c1-4(2)3-5(7)6(8)9/h4H,3H2,1-2H3,(H,8,9)/i3+1. The lowest BCUT2D eigenvalue weighted by atomic mass is 10.3. The molecule has 9 heavy (non-hydrogen) atoms. The Morgan fingerprint density at radius 1 is 1.44 bits per heavy atom. The minimum Gasteiger partial charge on any atom is -0.476 e. The number of hydrogen-bond acceptors (Lipinski definition) is 2. The maximum Gasteiger partial charge on any atom is 0.372 e. The predicted molar refractivity (Wildman–Crippen MR) is 32.1 cm³/mol. The topological polar surface area (TPSA) is 54.4 Å². The van der Waals surface area contributed by atoms with Crippen LogP contribution in [0.3, 0.4) is 0 Å². The average Bonchev–Trinajstić information content (AvgIpc) is 1.63. The molecule has 1 N–H and O–H groups in total. The Balaban J connectivity index is 3.65. The lowest BCUT2D eigenvalue weighted by Gasteiger charge is -1.97. The van der Waals surface area contributed by atoms with E-state index in [1.807, 2.05) is 0 Å². The molecule has 0 spiro atoms. The van der Waals surface area contributed by atoms with E-state index in [4.69, 9.17) is 5.11 Å². The van der Waals surface area contributed by atoms with E-state index in [1.165, 1.54) is 0 Å². The molecular weight excluding hydrogens is 121 g/mol. The van der Waals surface area contributed by atoms with Gasteiger partial charge in [-0.3, -0.25) is 4.79 Å². The Bertz CT molecular complexity index is 126. The van der Waals surface area contributed by atoms with Crippen molar-refractivity contribution in [2.45, 2.75) is 20.3 Å². The van der Waals surface area contributed by atoms with E-state index >= 15 is 0 Å². The molecule has 0 rings (SSSR count). The predicted octanol–water partition coefficient (Wildman–Crippen LogP) is 0.686. The number of carbonyl (C=O) groups excluding carboxylic acids is 1. The Labute approximate surface area is 53.7 Å². The minimum absolute atomic E-state index is 0.133. The molecule has 0 heterocycles. The van der Waals surface area contributed by atoms with Gasteiger partial charge in [-0.05, 0) is 5.92 Å². The van der Waals surface area contributed by atoms with Crippen molar-refractivity contribution in [3.63, 3.8) is 0 Å².